The molecule has 1 aliphatic rings. The van der Waals surface area contributed by atoms with Crippen LogP contribution in [0.2, 0.25) is 0 Å². The first kappa shape index (κ1) is 22.3. The molecule has 2 aromatic carbocycles. The van der Waals surface area contributed by atoms with Crippen molar-refractivity contribution in [2.45, 2.75) is 17.9 Å². The van der Waals surface area contributed by atoms with E-state index in [0.29, 0.717) is 24.1 Å². The smallest absolute Gasteiger partial charge is 0.240 e. The highest BCUT2D eigenvalue weighted by molar-refractivity contribution is 9.10. The van der Waals surface area contributed by atoms with Gasteiger partial charge in [0, 0.05) is 42.8 Å². The van der Waals surface area contributed by atoms with Gasteiger partial charge in [0.15, 0.2) is 0 Å². The van der Waals surface area contributed by atoms with Crippen LogP contribution in [-0.2, 0) is 26.2 Å². The van der Waals surface area contributed by atoms with E-state index in [1.165, 1.54) is 12.1 Å². The number of carbonyl (C=O) groups excluding carboxylic acids is 2. The number of hydrogen-bond donors (Lipinski definition) is 3. The van der Waals surface area contributed by atoms with E-state index in [0.717, 1.165) is 17.8 Å². The predicted molar refractivity (Wildman–Crippen MR) is 117 cm³/mol. The van der Waals surface area contributed by atoms with E-state index >= 15 is 0 Å². The van der Waals surface area contributed by atoms with Crippen LogP contribution >= 0.6 is 15.9 Å². The molecule has 0 atom stereocenters. The Morgan fingerprint density at radius 1 is 1.17 bits per heavy atom. The van der Waals surface area contributed by atoms with Crippen molar-refractivity contribution in [1.29, 1.82) is 0 Å². The Hall–Kier alpha value is -2.43. The van der Waals surface area contributed by atoms with Crippen molar-refractivity contribution in [3.8, 4) is 0 Å². The molecule has 2 aromatic rings. The molecule has 8 nitrogen and oxygen atoms in total. The number of nitrogens with one attached hydrogen (secondary N) is 3. The lowest BCUT2D eigenvalue weighted by atomic mass is 10.2. The quantitative estimate of drug-likeness (QED) is 0.513. The molecule has 160 valence electrons. The molecule has 30 heavy (non-hydrogen) atoms. The summed E-state index contributed by atoms with van der Waals surface area (Å²) in [6.07, 6.45) is 0.0359. The third-order valence-corrected chi connectivity index (χ3v) is 6.53. The summed E-state index contributed by atoms with van der Waals surface area (Å²) in [4.78, 5) is 25.7. The van der Waals surface area contributed by atoms with Crippen LogP contribution in [0.1, 0.15) is 12.0 Å². The number of piperazine rings is 1. The van der Waals surface area contributed by atoms with E-state index in [9.17, 15) is 18.0 Å². The monoisotopic (exact) mass is 494 g/mol. The van der Waals surface area contributed by atoms with Crippen LogP contribution in [0.3, 0.4) is 0 Å². The number of anilines is 1. The second kappa shape index (κ2) is 10.1. The summed E-state index contributed by atoms with van der Waals surface area (Å²) in [7, 11) is -3.66. The number of sulfonamides is 1. The van der Waals surface area contributed by atoms with Gasteiger partial charge in [0.2, 0.25) is 21.8 Å². The second-order valence-corrected chi connectivity index (χ2v) is 9.50. The molecule has 0 aliphatic carbocycles. The molecule has 1 saturated heterocycles. The Bertz CT molecular complexity index is 1010. The maximum absolute atomic E-state index is 12.2. The van der Waals surface area contributed by atoms with Gasteiger partial charge in [0.25, 0.3) is 0 Å². The van der Waals surface area contributed by atoms with Crippen molar-refractivity contribution in [2.75, 3.05) is 31.1 Å². The molecule has 3 rings (SSSR count). The molecule has 3 N–H and O–H groups in total. The first-order valence-electron chi connectivity index (χ1n) is 9.46. The van der Waals surface area contributed by atoms with E-state index < -0.39 is 10.0 Å². The van der Waals surface area contributed by atoms with Crippen LogP contribution < -0.4 is 20.3 Å². The average Bonchev–Trinajstić information content (AvgIpc) is 2.72. The lowest BCUT2D eigenvalue weighted by Crippen LogP contribution is -2.47. The Morgan fingerprint density at radius 2 is 1.93 bits per heavy atom. The third-order valence-electron chi connectivity index (χ3n) is 4.58. The van der Waals surface area contributed by atoms with Crippen LogP contribution in [0, 0.1) is 0 Å². The van der Waals surface area contributed by atoms with Gasteiger partial charge in [-0.05, 0) is 35.9 Å². The molecule has 1 aliphatic heterocycles. The summed E-state index contributed by atoms with van der Waals surface area (Å²) >= 11 is 3.24. The minimum Gasteiger partial charge on any atom is -0.360 e. The molecule has 1 heterocycles. The van der Waals surface area contributed by atoms with Crippen molar-refractivity contribution in [3.05, 3.63) is 58.6 Å². The van der Waals surface area contributed by atoms with Crippen LogP contribution in [0.25, 0.3) is 0 Å². The van der Waals surface area contributed by atoms with Crippen molar-refractivity contribution in [2.24, 2.45) is 0 Å². The zero-order valence-corrected chi connectivity index (χ0v) is 18.6. The fourth-order valence-corrected chi connectivity index (χ4v) is 4.62. The van der Waals surface area contributed by atoms with E-state index in [2.05, 4.69) is 31.3 Å². The van der Waals surface area contributed by atoms with E-state index in [4.69, 9.17) is 0 Å². The molecule has 0 spiro atoms. The van der Waals surface area contributed by atoms with Crippen molar-refractivity contribution >= 4 is 43.5 Å². The number of carbonyl (C=O) groups is 2. The fraction of sp³-hybridized carbons (Fsp3) is 0.300. The van der Waals surface area contributed by atoms with Crippen LogP contribution in [-0.4, -0.2) is 46.4 Å². The fourth-order valence-electron chi connectivity index (χ4n) is 2.99. The van der Waals surface area contributed by atoms with Gasteiger partial charge in [-0.1, -0.05) is 34.1 Å². The van der Waals surface area contributed by atoms with Crippen LogP contribution in [0.5, 0.6) is 0 Å². The van der Waals surface area contributed by atoms with Gasteiger partial charge in [-0.15, -0.1) is 0 Å². The van der Waals surface area contributed by atoms with Crippen molar-refractivity contribution < 1.29 is 18.0 Å². The first-order valence-corrected chi connectivity index (χ1v) is 11.7. The lowest BCUT2D eigenvalue weighted by Gasteiger charge is -2.28. The highest BCUT2D eigenvalue weighted by Gasteiger charge is 2.16. The zero-order valence-electron chi connectivity index (χ0n) is 16.2. The van der Waals surface area contributed by atoms with E-state index in [-0.39, 0.29) is 29.7 Å². The lowest BCUT2D eigenvalue weighted by molar-refractivity contribution is -0.121. The highest BCUT2D eigenvalue weighted by Crippen LogP contribution is 2.17. The molecular formula is C20H23BrN4O4S. The topological polar surface area (TPSA) is 108 Å². The summed E-state index contributed by atoms with van der Waals surface area (Å²) in [5, 5.41) is 5.57. The Morgan fingerprint density at radius 3 is 2.63 bits per heavy atom. The van der Waals surface area contributed by atoms with Crippen molar-refractivity contribution in [1.82, 2.24) is 15.4 Å². The Kier molecular flexibility index (Phi) is 7.46. The molecule has 0 aromatic heterocycles. The number of hydrogen-bond acceptors (Lipinski definition) is 5. The molecule has 1 fully saturated rings. The summed E-state index contributed by atoms with van der Waals surface area (Å²) in [6, 6.07) is 14.0. The molecule has 0 bridgehead atoms. The number of nitrogens with zero attached hydrogens (tertiary/aromatic N) is 1. The van der Waals surface area contributed by atoms with E-state index in [1.807, 2.05) is 29.2 Å². The molecular weight excluding hydrogens is 472 g/mol. The van der Waals surface area contributed by atoms with Gasteiger partial charge < -0.3 is 15.5 Å². The minimum atomic E-state index is -3.66. The highest BCUT2D eigenvalue weighted by atomic mass is 79.9. The van der Waals surface area contributed by atoms with Gasteiger partial charge in [-0.25, -0.2) is 13.1 Å². The maximum Gasteiger partial charge on any atom is 0.240 e. The Balaban J connectivity index is 1.43. The summed E-state index contributed by atoms with van der Waals surface area (Å²) in [6.45, 7) is 2.08. The van der Waals surface area contributed by atoms with Crippen LogP contribution in [0.15, 0.2) is 57.9 Å². The molecule has 0 radical (unpaired) electrons. The Labute approximate surface area is 184 Å². The zero-order chi connectivity index (χ0) is 21.6. The van der Waals surface area contributed by atoms with Crippen LogP contribution in [0.4, 0.5) is 5.69 Å². The summed E-state index contributed by atoms with van der Waals surface area (Å²) < 4.78 is 27.6. The maximum atomic E-state index is 12.2. The number of rotatable bonds is 8. The van der Waals surface area contributed by atoms with E-state index in [1.54, 1.807) is 12.1 Å². The molecule has 0 saturated carbocycles. The van der Waals surface area contributed by atoms with Gasteiger partial charge in [-0.2, -0.15) is 0 Å². The number of benzene rings is 2. The molecule has 0 unspecified atom stereocenters. The molecule has 10 heteroatoms. The second-order valence-electron chi connectivity index (χ2n) is 6.82. The summed E-state index contributed by atoms with van der Waals surface area (Å²) in [5.41, 5.74) is 1.88. The van der Waals surface area contributed by atoms with Gasteiger partial charge in [0.1, 0.15) is 0 Å². The van der Waals surface area contributed by atoms with Gasteiger partial charge >= 0.3 is 0 Å². The minimum absolute atomic E-state index is 0.00751. The SMILES string of the molecule is O=C(CCNS(=O)(=O)c1cccc(Br)c1)NCc1ccc(N2CCNC(=O)C2)cc1. The molecule has 2 amide bonds. The standard InChI is InChI=1S/C20H23BrN4O4S/c21-16-2-1-3-18(12-16)30(28,29)24-9-8-19(26)23-13-15-4-6-17(7-5-15)25-11-10-22-20(27)14-25/h1-7,12,24H,8-11,13-14H2,(H,22,27)(H,23,26). The van der Waals surface area contributed by atoms with Gasteiger partial charge in [-0.3, -0.25) is 9.59 Å². The average molecular weight is 495 g/mol. The summed E-state index contributed by atoms with van der Waals surface area (Å²) in [5.74, 6) is -0.239. The largest absolute Gasteiger partial charge is 0.360 e. The third kappa shape index (κ3) is 6.28. The number of halogens is 1. The van der Waals surface area contributed by atoms with Crippen molar-refractivity contribution in [3.63, 3.8) is 0 Å². The number of amides is 2. The normalized spacial score (nSPS) is 14.3. The van der Waals surface area contributed by atoms with Gasteiger partial charge in [0.05, 0.1) is 11.4 Å². The predicted octanol–water partition coefficient (Wildman–Crippen LogP) is 1.37. The first-order chi connectivity index (χ1) is 14.3.